The highest BCUT2D eigenvalue weighted by molar-refractivity contribution is 6.01. The van der Waals surface area contributed by atoms with Crippen LogP contribution in [0.15, 0.2) is 23.8 Å². The first-order valence-corrected chi connectivity index (χ1v) is 12.3. The molecule has 10 atom stereocenters. The fourth-order valence-electron chi connectivity index (χ4n) is 8.15. The molecule has 0 aromatic rings. The molecule has 33 heavy (non-hydrogen) atoms. The molecule has 1 N–H and O–H groups in total. The molecule has 1 unspecified atom stereocenters. The number of allylic oxidation sites excluding steroid dienone is 4. The van der Waals surface area contributed by atoms with E-state index in [0.717, 1.165) is 6.42 Å². The SMILES string of the molecule is CCCC1O[C@@H]2C[C@H]3[C@@H]4C[C@H](F)C5=CC(=O)C=C[C@]5(C)[C@@]4(F)[C@@H](O)C[C@]3(C)[C@]2(C(=O)CC)O1. The minimum Gasteiger partial charge on any atom is -0.390 e. The van der Waals surface area contributed by atoms with Crippen LogP contribution >= 0.6 is 0 Å². The van der Waals surface area contributed by atoms with Crippen LogP contribution in [-0.2, 0) is 19.1 Å². The summed E-state index contributed by atoms with van der Waals surface area (Å²) in [7, 11) is 0. The molecule has 4 aliphatic carbocycles. The molecule has 3 saturated carbocycles. The number of carbonyl (C=O) groups excluding carboxylic acids is 2. The summed E-state index contributed by atoms with van der Waals surface area (Å²) in [4.78, 5) is 25.4. The third-order valence-electron chi connectivity index (χ3n) is 9.68. The fraction of sp³-hybridized carbons (Fsp3) is 0.769. The first kappa shape index (κ1) is 23.3. The summed E-state index contributed by atoms with van der Waals surface area (Å²) in [5.41, 5.74) is -5.66. The molecule has 0 spiro atoms. The minimum atomic E-state index is -2.17. The molecule has 0 radical (unpaired) electrons. The van der Waals surface area contributed by atoms with Crippen molar-refractivity contribution in [3.05, 3.63) is 23.8 Å². The van der Waals surface area contributed by atoms with Crippen molar-refractivity contribution < 1.29 is 33.0 Å². The maximum atomic E-state index is 17.2. The van der Waals surface area contributed by atoms with Gasteiger partial charge in [0.05, 0.1) is 12.2 Å². The van der Waals surface area contributed by atoms with Crippen LogP contribution in [-0.4, -0.2) is 52.6 Å². The van der Waals surface area contributed by atoms with Crippen molar-refractivity contribution >= 4 is 11.6 Å². The average Bonchev–Trinajstić information content (AvgIpc) is 3.24. The number of hydrogen-bond donors (Lipinski definition) is 1. The number of fused-ring (bicyclic) bond motifs is 7. The molecule has 5 nitrogen and oxygen atoms in total. The largest absolute Gasteiger partial charge is 0.390 e. The average molecular weight is 465 g/mol. The van der Waals surface area contributed by atoms with Crippen molar-refractivity contribution in [2.75, 3.05) is 0 Å². The first-order chi connectivity index (χ1) is 15.5. The number of aliphatic hydroxyl groups excluding tert-OH is 1. The summed E-state index contributed by atoms with van der Waals surface area (Å²) in [5, 5.41) is 11.4. The van der Waals surface area contributed by atoms with E-state index >= 15 is 8.78 Å². The van der Waals surface area contributed by atoms with Gasteiger partial charge >= 0.3 is 0 Å². The lowest BCUT2D eigenvalue weighted by Gasteiger charge is -2.63. The van der Waals surface area contributed by atoms with Crippen molar-refractivity contribution in [1.29, 1.82) is 0 Å². The van der Waals surface area contributed by atoms with Crippen LogP contribution in [0, 0.1) is 22.7 Å². The quantitative estimate of drug-likeness (QED) is 0.676. The fourth-order valence-corrected chi connectivity index (χ4v) is 8.15. The summed E-state index contributed by atoms with van der Waals surface area (Å²) in [6.45, 7) is 7.27. The van der Waals surface area contributed by atoms with Crippen LogP contribution < -0.4 is 0 Å². The number of alkyl halides is 2. The second kappa shape index (κ2) is 7.28. The maximum Gasteiger partial charge on any atom is 0.178 e. The van der Waals surface area contributed by atoms with Gasteiger partial charge in [-0.25, -0.2) is 8.78 Å². The number of ketones is 2. The number of halogens is 2. The molecule has 5 rings (SSSR count). The van der Waals surface area contributed by atoms with Gasteiger partial charge in [-0.3, -0.25) is 9.59 Å². The summed E-state index contributed by atoms with van der Waals surface area (Å²) in [5.74, 6) is -1.71. The van der Waals surface area contributed by atoms with Gasteiger partial charge in [-0.1, -0.05) is 33.3 Å². The lowest BCUT2D eigenvalue weighted by Crippen LogP contribution is -2.70. The van der Waals surface area contributed by atoms with E-state index in [0.29, 0.717) is 12.8 Å². The molecule has 1 heterocycles. The number of Topliss-reactive ketones (excluding diaryl/α,β-unsaturated/α-hetero) is 1. The highest BCUT2D eigenvalue weighted by Gasteiger charge is 2.79. The first-order valence-electron chi connectivity index (χ1n) is 12.3. The van der Waals surface area contributed by atoms with Crippen molar-refractivity contribution in [2.24, 2.45) is 22.7 Å². The van der Waals surface area contributed by atoms with Gasteiger partial charge in [0, 0.05) is 23.2 Å². The maximum absolute atomic E-state index is 17.2. The zero-order valence-electron chi connectivity index (χ0n) is 19.8. The Kier molecular flexibility index (Phi) is 5.14. The Morgan fingerprint density at radius 3 is 2.64 bits per heavy atom. The Morgan fingerprint density at radius 2 is 1.97 bits per heavy atom. The molecule has 0 aromatic heterocycles. The van der Waals surface area contributed by atoms with E-state index in [1.807, 2.05) is 13.8 Å². The molecule has 7 heteroatoms. The second-order valence-corrected chi connectivity index (χ2v) is 11.1. The standard InChI is InChI=1S/C26H34F2O5/c1-5-7-22-32-21-12-15-16-11-18(27)17-10-14(29)8-9-23(17,3)25(16,28)20(31)13-24(15,4)26(21,33-22)19(30)6-2/h8-10,15-16,18,20-22,31H,5-7,11-13H2,1-4H3/t15-,16-,18-,20-,21+,22?,23-,24-,25-,26+/m0/s1. The predicted octanol–water partition coefficient (Wildman–Crippen LogP) is 4.17. The zero-order valence-corrected chi connectivity index (χ0v) is 19.8. The second-order valence-electron chi connectivity index (χ2n) is 11.1. The molecular formula is C26H34F2O5. The Labute approximate surface area is 193 Å². The van der Waals surface area contributed by atoms with E-state index in [2.05, 4.69) is 0 Å². The van der Waals surface area contributed by atoms with E-state index in [-0.39, 0.29) is 36.4 Å². The van der Waals surface area contributed by atoms with Crippen LogP contribution in [0.5, 0.6) is 0 Å². The van der Waals surface area contributed by atoms with Gasteiger partial charge in [0.25, 0.3) is 0 Å². The molecule has 1 aliphatic heterocycles. The third-order valence-corrected chi connectivity index (χ3v) is 9.68. The van der Waals surface area contributed by atoms with E-state index in [4.69, 9.17) is 9.47 Å². The van der Waals surface area contributed by atoms with Gasteiger partial charge in [0.2, 0.25) is 0 Å². The van der Waals surface area contributed by atoms with E-state index in [9.17, 15) is 14.7 Å². The predicted molar refractivity (Wildman–Crippen MR) is 117 cm³/mol. The summed E-state index contributed by atoms with van der Waals surface area (Å²) >= 11 is 0. The molecule has 0 bridgehead atoms. The monoisotopic (exact) mass is 464 g/mol. The molecule has 4 fully saturated rings. The number of rotatable bonds is 4. The smallest absolute Gasteiger partial charge is 0.178 e. The van der Waals surface area contributed by atoms with Crippen LogP contribution in [0.4, 0.5) is 8.78 Å². The Balaban J connectivity index is 1.62. The van der Waals surface area contributed by atoms with Gasteiger partial charge in [-0.05, 0) is 56.3 Å². The molecule has 0 aromatic carbocycles. The normalized spacial score (nSPS) is 52.6. The van der Waals surface area contributed by atoms with Gasteiger partial charge < -0.3 is 14.6 Å². The van der Waals surface area contributed by atoms with Crippen molar-refractivity contribution in [3.63, 3.8) is 0 Å². The summed E-state index contributed by atoms with van der Waals surface area (Å²) < 4.78 is 45.4. The Morgan fingerprint density at radius 1 is 1.24 bits per heavy atom. The van der Waals surface area contributed by atoms with Gasteiger partial charge in [0.1, 0.15) is 6.17 Å². The van der Waals surface area contributed by atoms with Crippen LogP contribution in [0.1, 0.15) is 66.2 Å². The number of aliphatic hydroxyl groups is 1. The van der Waals surface area contributed by atoms with Crippen molar-refractivity contribution in [3.8, 4) is 0 Å². The molecule has 5 aliphatic rings. The van der Waals surface area contributed by atoms with Gasteiger partial charge in [-0.15, -0.1) is 0 Å². The van der Waals surface area contributed by atoms with E-state index < -0.39 is 58.6 Å². The Bertz CT molecular complexity index is 947. The summed E-state index contributed by atoms with van der Waals surface area (Å²) in [6.07, 6.45) is 1.86. The van der Waals surface area contributed by atoms with Crippen LogP contribution in [0.2, 0.25) is 0 Å². The van der Waals surface area contributed by atoms with Crippen LogP contribution in [0.25, 0.3) is 0 Å². The number of hydrogen-bond acceptors (Lipinski definition) is 5. The van der Waals surface area contributed by atoms with Crippen molar-refractivity contribution in [1.82, 2.24) is 0 Å². The molecular weight excluding hydrogens is 430 g/mol. The van der Waals surface area contributed by atoms with Gasteiger partial charge in [0.15, 0.2) is 29.1 Å². The zero-order chi connectivity index (χ0) is 24.0. The molecule has 1 saturated heterocycles. The topological polar surface area (TPSA) is 72.8 Å². The summed E-state index contributed by atoms with van der Waals surface area (Å²) in [6, 6.07) is 0. The van der Waals surface area contributed by atoms with Crippen LogP contribution in [0.3, 0.4) is 0 Å². The lowest BCUT2D eigenvalue weighted by atomic mass is 9.44. The minimum absolute atomic E-state index is 0.0106. The number of ether oxygens (including phenoxy) is 2. The highest BCUT2D eigenvalue weighted by Crippen LogP contribution is 2.72. The third kappa shape index (κ3) is 2.62. The molecule has 0 amide bonds. The number of carbonyl (C=O) groups is 2. The lowest BCUT2D eigenvalue weighted by molar-refractivity contribution is -0.234. The highest BCUT2D eigenvalue weighted by atomic mass is 19.1. The van der Waals surface area contributed by atoms with Crippen molar-refractivity contribution in [2.45, 2.75) is 102 Å². The van der Waals surface area contributed by atoms with E-state index in [1.54, 1.807) is 13.8 Å². The van der Waals surface area contributed by atoms with Gasteiger partial charge in [-0.2, -0.15) is 0 Å². The Hall–Kier alpha value is -1.44. The molecule has 182 valence electrons. The van der Waals surface area contributed by atoms with E-state index in [1.165, 1.54) is 18.2 Å².